The minimum absolute atomic E-state index is 0.125. The third-order valence-corrected chi connectivity index (χ3v) is 6.17. The molecule has 0 unspecified atom stereocenters. The van der Waals surface area contributed by atoms with Crippen molar-refractivity contribution in [3.05, 3.63) is 59.1 Å². The molecule has 2 aromatic carbocycles. The third kappa shape index (κ3) is 6.73. The highest BCUT2D eigenvalue weighted by Gasteiger charge is 2.17. The van der Waals surface area contributed by atoms with Gasteiger partial charge in [-0.05, 0) is 48.9 Å². The van der Waals surface area contributed by atoms with Crippen LogP contribution in [0, 0.1) is 6.92 Å². The number of hydrogen-bond acceptors (Lipinski definition) is 4. The zero-order valence-corrected chi connectivity index (χ0v) is 17.9. The quantitative estimate of drug-likeness (QED) is 0.657. The zero-order chi connectivity index (χ0) is 19.8. The Balaban J connectivity index is 1.28. The number of thioether (sulfide) groups is 1. The normalized spacial score (nSPS) is 14.9. The maximum atomic E-state index is 12.0. The lowest BCUT2D eigenvalue weighted by molar-refractivity contribution is -0.120. The van der Waals surface area contributed by atoms with Gasteiger partial charge in [0.05, 0.1) is 0 Å². The Morgan fingerprint density at radius 3 is 2.57 bits per heavy atom. The first-order valence-electron chi connectivity index (χ1n) is 9.79. The number of rotatable bonds is 8. The minimum Gasteiger partial charge on any atom is -0.369 e. The number of amides is 1. The summed E-state index contributed by atoms with van der Waals surface area (Å²) in [6.45, 7) is 7.92. The van der Waals surface area contributed by atoms with Crippen molar-refractivity contribution in [3.8, 4) is 0 Å². The number of nitrogens with zero attached hydrogens (tertiary/aromatic N) is 2. The predicted octanol–water partition coefficient (Wildman–Crippen LogP) is 4.07. The number of carbonyl (C=O) groups excluding carboxylic acids is 1. The molecule has 6 heteroatoms. The molecule has 150 valence electrons. The summed E-state index contributed by atoms with van der Waals surface area (Å²) < 4.78 is 0. The molecule has 4 nitrogen and oxygen atoms in total. The molecule has 2 aromatic rings. The van der Waals surface area contributed by atoms with Crippen LogP contribution in [-0.2, 0) is 4.79 Å². The van der Waals surface area contributed by atoms with Crippen LogP contribution in [0.4, 0.5) is 5.69 Å². The van der Waals surface area contributed by atoms with E-state index in [4.69, 9.17) is 11.6 Å². The topological polar surface area (TPSA) is 35.6 Å². The van der Waals surface area contributed by atoms with Gasteiger partial charge in [0, 0.05) is 67.0 Å². The van der Waals surface area contributed by atoms with E-state index in [2.05, 4.69) is 46.3 Å². The van der Waals surface area contributed by atoms with Gasteiger partial charge in [0.15, 0.2) is 0 Å². The Morgan fingerprint density at radius 1 is 1.11 bits per heavy atom. The van der Waals surface area contributed by atoms with E-state index >= 15 is 0 Å². The molecule has 0 atom stereocenters. The largest absolute Gasteiger partial charge is 0.369 e. The number of nitrogens with one attached hydrogen (secondary N) is 1. The number of hydrogen-bond donors (Lipinski definition) is 1. The van der Waals surface area contributed by atoms with Crippen LogP contribution in [0.3, 0.4) is 0 Å². The van der Waals surface area contributed by atoms with Crippen LogP contribution in [0.5, 0.6) is 0 Å². The number of carbonyl (C=O) groups is 1. The van der Waals surface area contributed by atoms with Crippen LogP contribution >= 0.6 is 23.4 Å². The van der Waals surface area contributed by atoms with Crippen molar-refractivity contribution < 1.29 is 4.79 Å². The van der Waals surface area contributed by atoms with Crippen LogP contribution in [-0.4, -0.2) is 55.8 Å². The van der Waals surface area contributed by atoms with Gasteiger partial charge in [0.25, 0.3) is 0 Å². The van der Waals surface area contributed by atoms with Gasteiger partial charge in [-0.15, -0.1) is 11.8 Å². The summed E-state index contributed by atoms with van der Waals surface area (Å²) >= 11 is 7.57. The summed E-state index contributed by atoms with van der Waals surface area (Å²) in [7, 11) is 0. The van der Waals surface area contributed by atoms with Gasteiger partial charge >= 0.3 is 0 Å². The average molecular weight is 418 g/mol. The molecule has 1 amide bonds. The number of benzene rings is 2. The van der Waals surface area contributed by atoms with E-state index in [1.165, 1.54) is 11.3 Å². The Labute approximate surface area is 177 Å². The molecule has 0 aliphatic carbocycles. The number of piperazine rings is 1. The Bertz CT molecular complexity index is 761. The van der Waals surface area contributed by atoms with Gasteiger partial charge in [-0.25, -0.2) is 0 Å². The molecule has 1 aliphatic rings. The summed E-state index contributed by atoms with van der Waals surface area (Å²) in [6, 6.07) is 16.4. The fourth-order valence-electron chi connectivity index (χ4n) is 3.29. The second-order valence-corrected chi connectivity index (χ2v) is 8.67. The fourth-order valence-corrected chi connectivity index (χ4v) is 4.27. The van der Waals surface area contributed by atoms with E-state index < -0.39 is 0 Å². The zero-order valence-electron chi connectivity index (χ0n) is 16.4. The summed E-state index contributed by atoms with van der Waals surface area (Å²) in [5.74, 6) is 0.905. The van der Waals surface area contributed by atoms with E-state index in [0.717, 1.165) is 54.9 Å². The maximum absolute atomic E-state index is 12.0. The van der Waals surface area contributed by atoms with E-state index in [1.807, 2.05) is 24.3 Å². The van der Waals surface area contributed by atoms with E-state index in [9.17, 15) is 4.79 Å². The first kappa shape index (κ1) is 21.0. The number of halogens is 1. The SMILES string of the molecule is Cc1cccc(N2CCN(CCNC(=O)CCSc3ccc(Cl)cc3)CC2)c1. The van der Waals surface area contributed by atoms with E-state index in [-0.39, 0.29) is 5.91 Å². The Hall–Kier alpha value is -1.69. The predicted molar refractivity (Wildman–Crippen MR) is 120 cm³/mol. The summed E-state index contributed by atoms with van der Waals surface area (Å²) in [6.07, 6.45) is 0.536. The molecule has 1 aliphatic heterocycles. The monoisotopic (exact) mass is 417 g/mol. The Morgan fingerprint density at radius 2 is 1.86 bits per heavy atom. The van der Waals surface area contributed by atoms with Crippen LogP contribution in [0.1, 0.15) is 12.0 Å². The lowest BCUT2D eigenvalue weighted by Crippen LogP contribution is -2.48. The van der Waals surface area contributed by atoms with Crippen molar-refractivity contribution in [2.75, 3.05) is 49.9 Å². The molecule has 0 radical (unpaired) electrons. The molecule has 0 bridgehead atoms. The standard InChI is InChI=1S/C22H28ClN3OS/c1-18-3-2-4-20(17-18)26-14-12-25(13-15-26)11-10-24-22(27)9-16-28-21-7-5-19(23)6-8-21/h2-8,17H,9-16H2,1H3,(H,24,27). The van der Waals surface area contributed by atoms with Crippen molar-refractivity contribution in [2.24, 2.45) is 0 Å². The van der Waals surface area contributed by atoms with Crippen LogP contribution in [0.2, 0.25) is 5.02 Å². The molecule has 1 N–H and O–H groups in total. The first-order valence-corrected chi connectivity index (χ1v) is 11.2. The molecule has 3 rings (SSSR count). The first-order chi connectivity index (χ1) is 13.6. The second kappa shape index (κ2) is 10.7. The van der Waals surface area contributed by atoms with Crippen LogP contribution in [0.15, 0.2) is 53.4 Å². The van der Waals surface area contributed by atoms with Crippen molar-refractivity contribution in [1.29, 1.82) is 0 Å². The summed E-state index contributed by atoms with van der Waals surface area (Å²) in [4.78, 5) is 18.0. The molecule has 1 saturated heterocycles. The molecule has 0 saturated carbocycles. The lowest BCUT2D eigenvalue weighted by Gasteiger charge is -2.36. The van der Waals surface area contributed by atoms with Gasteiger partial charge in [-0.3, -0.25) is 9.69 Å². The smallest absolute Gasteiger partial charge is 0.220 e. The van der Waals surface area contributed by atoms with Gasteiger partial charge in [-0.1, -0.05) is 23.7 Å². The number of anilines is 1. The second-order valence-electron chi connectivity index (χ2n) is 7.07. The highest BCUT2D eigenvalue weighted by molar-refractivity contribution is 7.99. The summed E-state index contributed by atoms with van der Waals surface area (Å²) in [5.41, 5.74) is 2.61. The highest BCUT2D eigenvalue weighted by atomic mass is 35.5. The average Bonchev–Trinajstić information content (AvgIpc) is 2.70. The number of aryl methyl sites for hydroxylation is 1. The molecule has 0 aromatic heterocycles. The van der Waals surface area contributed by atoms with Gasteiger partial charge in [-0.2, -0.15) is 0 Å². The molecule has 28 heavy (non-hydrogen) atoms. The highest BCUT2D eigenvalue weighted by Crippen LogP contribution is 2.21. The molecular weight excluding hydrogens is 390 g/mol. The van der Waals surface area contributed by atoms with Gasteiger partial charge < -0.3 is 10.2 Å². The van der Waals surface area contributed by atoms with Crippen LogP contribution in [0.25, 0.3) is 0 Å². The fraction of sp³-hybridized carbons (Fsp3) is 0.409. The third-order valence-electron chi connectivity index (χ3n) is 4.90. The van der Waals surface area contributed by atoms with Gasteiger partial charge in [0.1, 0.15) is 0 Å². The minimum atomic E-state index is 0.125. The molecule has 0 spiro atoms. The van der Waals surface area contributed by atoms with E-state index in [1.54, 1.807) is 11.8 Å². The molecule has 1 fully saturated rings. The van der Waals surface area contributed by atoms with Crippen molar-refractivity contribution >= 4 is 35.0 Å². The maximum Gasteiger partial charge on any atom is 0.220 e. The lowest BCUT2D eigenvalue weighted by atomic mass is 10.2. The van der Waals surface area contributed by atoms with Crippen LogP contribution < -0.4 is 10.2 Å². The molecular formula is C22H28ClN3OS. The van der Waals surface area contributed by atoms with Crippen molar-refractivity contribution in [3.63, 3.8) is 0 Å². The summed E-state index contributed by atoms with van der Waals surface area (Å²) in [5, 5.41) is 3.78. The van der Waals surface area contributed by atoms with Gasteiger partial charge in [0.2, 0.25) is 5.91 Å². The van der Waals surface area contributed by atoms with E-state index in [0.29, 0.717) is 6.42 Å². The molecule has 1 heterocycles. The van der Waals surface area contributed by atoms with Crippen molar-refractivity contribution in [1.82, 2.24) is 10.2 Å². The van der Waals surface area contributed by atoms with Crippen molar-refractivity contribution in [2.45, 2.75) is 18.2 Å². The Kier molecular flexibility index (Phi) is 8.07.